The van der Waals surface area contributed by atoms with Crippen molar-refractivity contribution in [2.24, 2.45) is 0 Å². The van der Waals surface area contributed by atoms with E-state index >= 15 is 0 Å². The van der Waals surface area contributed by atoms with Gasteiger partial charge in [0, 0.05) is 20.3 Å². The lowest BCUT2D eigenvalue weighted by Crippen LogP contribution is -2.11. The van der Waals surface area contributed by atoms with Crippen LogP contribution < -0.4 is 15.8 Å². The minimum atomic E-state index is 0.169. The summed E-state index contributed by atoms with van der Waals surface area (Å²) in [5, 5.41) is 12.3. The molecule has 150 valence electrons. The molecule has 0 aliphatic carbocycles. The molecule has 0 unspecified atom stereocenters. The Balaban J connectivity index is 1.94. The van der Waals surface area contributed by atoms with Crippen LogP contribution >= 0.6 is 0 Å². The monoisotopic (exact) mass is 386 g/mol. The van der Waals surface area contributed by atoms with E-state index in [2.05, 4.69) is 20.3 Å². The van der Waals surface area contributed by atoms with Crippen molar-refractivity contribution in [2.45, 2.75) is 19.4 Å². The zero-order valence-corrected chi connectivity index (χ0v) is 16.0. The number of nitrogens with two attached hydrogens (primary N) is 1. The molecule has 0 aliphatic heterocycles. The van der Waals surface area contributed by atoms with Crippen molar-refractivity contribution < 1.29 is 14.6 Å². The summed E-state index contributed by atoms with van der Waals surface area (Å²) < 4.78 is 12.5. The summed E-state index contributed by atoms with van der Waals surface area (Å²) in [4.78, 5) is 13.3. The maximum absolute atomic E-state index is 8.98. The van der Waals surface area contributed by atoms with Crippen LogP contribution in [-0.4, -0.2) is 58.1 Å². The molecule has 0 amide bonds. The number of benzene rings is 1. The van der Waals surface area contributed by atoms with Gasteiger partial charge in [0.2, 0.25) is 5.95 Å². The number of hydrogen-bond donors (Lipinski definition) is 3. The van der Waals surface area contributed by atoms with E-state index in [1.807, 2.05) is 34.9 Å². The third kappa shape index (κ3) is 4.87. The van der Waals surface area contributed by atoms with Gasteiger partial charge < -0.3 is 25.6 Å². The number of fused-ring (bicyclic) bond motifs is 1. The Kier molecular flexibility index (Phi) is 6.99. The van der Waals surface area contributed by atoms with E-state index in [9.17, 15) is 0 Å². The van der Waals surface area contributed by atoms with Gasteiger partial charge in [0.05, 0.1) is 13.2 Å². The molecule has 0 atom stereocenters. The fourth-order valence-electron chi connectivity index (χ4n) is 2.77. The van der Waals surface area contributed by atoms with Crippen LogP contribution in [-0.2, 0) is 11.3 Å². The number of rotatable bonds is 11. The van der Waals surface area contributed by atoms with Gasteiger partial charge in [-0.2, -0.15) is 9.97 Å². The van der Waals surface area contributed by atoms with Crippen molar-refractivity contribution in [3.63, 3.8) is 0 Å². The average molecular weight is 386 g/mol. The molecule has 28 heavy (non-hydrogen) atoms. The molecular formula is C19H26N6O3. The molecule has 3 aromatic rings. The first-order valence-electron chi connectivity index (χ1n) is 9.27. The minimum Gasteiger partial charge on any atom is -0.461 e. The fourth-order valence-corrected chi connectivity index (χ4v) is 2.77. The lowest BCUT2D eigenvalue weighted by molar-refractivity contribution is 0.141. The SMILES string of the molecule is COCCOc1nc(N)c2nc(NCCCCO)n(Cc3ccccc3)c2n1. The van der Waals surface area contributed by atoms with Gasteiger partial charge in [0.25, 0.3) is 0 Å². The molecule has 2 heterocycles. The summed E-state index contributed by atoms with van der Waals surface area (Å²) in [6.07, 6.45) is 1.56. The van der Waals surface area contributed by atoms with E-state index < -0.39 is 0 Å². The standard InChI is InChI=1S/C19H26N6O3/c1-27-11-12-28-19-23-16(20)15-17(24-19)25(13-14-7-3-2-4-8-14)18(22-15)21-9-5-6-10-26/h2-4,7-8,26H,5-6,9-13H2,1H3,(H,21,22)(H2,20,23,24). The summed E-state index contributed by atoms with van der Waals surface area (Å²) in [7, 11) is 1.60. The summed E-state index contributed by atoms with van der Waals surface area (Å²) in [5.41, 5.74) is 8.36. The number of aliphatic hydroxyl groups is 1. The predicted molar refractivity (Wildman–Crippen MR) is 107 cm³/mol. The van der Waals surface area contributed by atoms with Crippen LogP contribution in [0.2, 0.25) is 0 Å². The number of ether oxygens (including phenoxy) is 2. The first kappa shape index (κ1) is 19.8. The second-order valence-corrected chi connectivity index (χ2v) is 6.27. The predicted octanol–water partition coefficient (Wildman–Crippen LogP) is 1.67. The molecule has 0 saturated carbocycles. The van der Waals surface area contributed by atoms with Crippen molar-refractivity contribution in [1.82, 2.24) is 19.5 Å². The van der Waals surface area contributed by atoms with E-state index in [0.29, 0.717) is 43.4 Å². The first-order chi connectivity index (χ1) is 13.7. The van der Waals surface area contributed by atoms with Crippen molar-refractivity contribution in [3.8, 4) is 6.01 Å². The highest BCUT2D eigenvalue weighted by Crippen LogP contribution is 2.25. The van der Waals surface area contributed by atoms with E-state index in [0.717, 1.165) is 18.4 Å². The van der Waals surface area contributed by atoms with Gasteiger partial charge in [0.1, 0.15) is 6.61 Å². The Morgan fingerprint density at radius 2 is 1.93 bits per heavy atom. The second kappa shape index (κ2) is 9.86. The highest BCUT2D eigenvalue weighted by Gasteiger charge is 2.17. The molecule has 0 spiro atoms. The third-order valence-electron chi connectivity index (χ3n) is 4.17. The summed E-state index contributed by atoms with van der Waals surface area (Å²) in [6, 6.07) is 10.2. The largest absolute Gasteiger partial charge is 0.461 e. The van der Waals surface area contributed by atoms with Crippen molar-refractivity contribution in [1.29, 1.82) is 0 Å². The molecule has 2 aromatic heterocycles. The number of unbranched alkanes of at least 4 members (excludes halogenated alkanes) is 1. The number of methoxy groups -OCH3 is 1. The summed E-state index contributed by atoms with van der Waals surface area (Å²) >= 11 is 0. The first-order valence-corrected chi connectivity index (χ1v) is 9.27. The van der Waals surface area contributed by atoms with E-state index in [1.165, 1.54) is 0 Å². The Hall–Kier alpha value is -2.91. The molecule has 9 heteroatoms. The van der Waals surface area contributed by atoms with Gasteiger partial charge in [-0.3, -0.25) is 4.57 Å². The number of aliphatic hydroxyl groups excluding tert-OH is 1. The van der Waals surface area contributed by atoms with E-state index in [4.69, 9.17) is 20.3 Å². The van der Waals surface area contributed by atoms with Crippen LogP contribution in [0.15, 0.2) is 30.3 Å². The molecule has 9 nitrogen and oxygen atoms in total. The van der Waals surface area contributed by atoms with Gasteiger partial charge in [0.15, 0.2) is 17.0 Å². The summed E-state index contributed by atoms with van der Waals surface area (Å²) in [5.74, 6) is 0.925. The van der Waals surface area contributed by atoms with Crippen molar-refractivity contribution in [3.05, 3.63) is 35.9 Å². The highest BCUT2D eigenvalue weighted by molar-refractivity contribution is 5.84. The number of anilines is 2. The number of imidazole rings is 1. The molecular weight excluding hydrogens is 360 g/mol. The van der Waals surface area contributed by atoms with Gasteiger partial charge in [-0.1, -0.05) is 30.3 Å². The number of aromatic nitrogens is 4. The third-order valence-corrected chi connectivity index (χ3v) is 4.17. The Labute approximate surface area is 163 Å². The van der Waals surface area contributed by atoms with Crippen LogP contribution in [0.1, 0.15) is 18.4 Å². The molecule has 0 saturated heterocycles. The minimum absolute atomic E-state index is 0.169. The van der Waals surface area contributed by atoms with E-state index in [-0.39, 0.29) is 18.4 Å². The van der Waals surface area contributed by atoms with Gasteiger partial charge >= 0.3 is 6.01 Å². The molecule has 0 radical (unpaired) electrons. The maximum Gasteiger partial charge on any atom is 0.320 e. The Bertz CT molecular complexity index is 884. The summed E-state index contributed by atoms with van der Waals surface area (Å²) in [6.45, 7) is 2.20. The van der Waals surface area contributed by atoms with Crippen LogP contribution in [0, 0.1) is 0 Å². The van der Waals surface area contributed by atoms with Gasteiger partial charge in [-0.15, -0.1) is 0 Å². The van der Waals surface area contributed by atoms with Crippen LogP contribution in [0.5, 0.6) is 6.01 Å². The number of nitrogens with one attached hydrogen (secondary N) is 1. The molecule has 3 rings (SSSR count). The van der Waals surface area contributed by atoms with Gasteiger partial charge in [-0.05, 0) is 18.4 Å². The number of nitrogen functional groups attached to an aromatic ring is 1. The fraction of sp³-hybridized carbons (Fsp3) is 0.421. The van der Waals surface area contributed by atoms with Crippen molar-refractivity contribution in [2.75, 3.05) is 44.5 Å². The quantitative estimate of drug-likeness (QED) is 0.426. The lowest BCUT2D eigenvalue weighted by Gasteiger charge is -2.11. The zero-order valence-electron chi connectivity index (χ0n) is 16.0. The lowest BCUT2D eigenvalue weighted by atomic mass is 10.2. The Morgan fingerprint density at radius 1 is 1.11 bits per heavy atom. The molecule has 0 aliphatic rings. The molecule has 0 fully saturated rings. The maximum atomic E-state index is 8.98. The molecule has 0 bridgehead atoms. The van der Waals surface area contributed by atoms with Crippen molar-refractivity contribution >= 4 is 22.9 Å². The van der Waals surface area contributed by atoms with Crippen LogP contribution in [0.3, 0.4) is 0 Å². The molecule has 4 N–H and O–H groups in total. The zero-order chi connectivity index (χ0) is 19.8. The smallest absolute Gasteiger partial charge is 0.320 e. The molecule has 1 aromatic carbocycles. The van der Waals surface area contributed by atoms with E-state index in [1.54, 1.807) is 7.11 Å². The number of nitrogens with zero attached hydrogens (tertiary/aromatic N) is 4. The second-order valence-electron chi connectivity index (χ2n) is 6.27. The van der Waals surface area contributed by atoms with Crippen LogP contribution in [0.25, 0.3) is 11.2 Å². The average Bonchev–Trinajstić information content (AvgIpc) is 3.04. The van der Waals surface area contributed by atoms with Crippen LogP contribution in [0.4, 0.5) is 11.8 Å². The normalized spacial score (nSPS) is 11.1. The topological polar surface area (TPSA) is 120 Å². The number of hydrogen-bond acceptors (Lipinski definition) is 8. The Morgan fingerprint density at radius 3 is 2.68 bits per heavy atom. The highest BCUT2D eigenvalue weighted by atomic mass is 16.5. The van der Waals surface area contributed by atoms with Gasteiger partial charge in [-0.25, -0.2) is 4.98 Å².